The molecule has 1 atom stereocenters. The van der Waals surface area contributed by atoms with Crippen LogP contribution < -0.4 is 4.74 Å². The number of esters is 1. The zero-order valence-electron chi connectivity index (χ0n) is 18.9. The summed E-state index contributed by atoms with van der Waals surface area (Å²) in [6.45, 7) is 7.49. The Kier molecular flexibility index (Phi) is 7.47. The van der Waals surface area contributed by atoms with Gasteiger partial charge in [-0.2, -0.15) is 0 Å². The van der Waals surface area contributed by atoms with E-state index in [0.717, 1.165) is 33.7 Å². The van der Waals surface area contributed by atoms with Crippen molar-refractivity contribution in [3.05, 3.63) is 45.6 Å². The highest BCUT2D eigenvalue weighted by Crippen LogP contribution is 2.38. The Hall–Kier alpha value is -2.69. The van der Waals surface area contributed by atoms with Crippen LogP contribution in [0.4, 0.5) is 0 Å². The van der Waals surface area contributed by atoms with Crippen LogP contribution in [0.15, 0.2) is 29.6 Å². The summed E-state index contributed by atoms with van der Waals surface area (Å²) in [6.07, 6.45) is 11.7. The molecule has 3 rings (SSSR count). The van der Waals surface area contributed by atoms with Gasteiger partial charge in [-0.1, -0.05) is 31.1 Å². The first-order valence-corrected chi connectivity index (χ1v) is 12.1. The van der Waals surface area contributed by atoms with Gasteiger partial charge in [0.25, 0.3) is 0 Å². The maximum atomic E-state index is 12.4. The quantitative estimate of drug-likeness (QED) is 0.314. The van der Waals surface area contributed by atoms with Crippen LogP contribution in [0.25, 0.3) is 4.90 Å². The fourth-order valence-electron chi connectivity index (χ4n) is 3.93. The zero-order valence-corrected chi connectivity index (χ0v) is 19.7. The van der Waals surface area contributed by atoms with Gasteiger partial charge in [-0.05, 0) is 63.7 Å². The molecule has 1 saturated carbocycles. The monoisotopic (exact) mass is 435 g/mol. The van der Waals surface area contributed by atoms with Crippen molar-refractivity contribution in [2.75, 3.05) is 6.61 Å². The first-order chi connectivity index (χ1) is 14.8. The minimum Gasteiger partial charge on any atom is -0.481 e. The number of benzene rings is 1. The van der Waals surface area contributed by atoms with E-state index in [4.69, 9.17) is 15.9 Å². The third-order valence-corrected chi connectivity index (χ3v) is 7.32. The maximum absolute atomic E-state index is 12.4. The van der Waals surface area contributed by atoms with Gasteiger partial charge in [0.05, 0.1) is 0 Å². The second-order valence-corrected chi connectivity index (χ2v) is 10.5. The smallest absolute Gasteiger partial charge is 0.345 e. The van der Waals surface area contributed by atoms with Gasteiger partial charge in [0.15, 0.2) is 17.1 Å². The number of carbonyl (C=O) groups is 1. The molecule has 1 aromatic heterocycles. The molecule has 1 fully saturated rings. The molecule has 1 unspecified atom stereocenters. The largest absolute Gasteiger partial charge is 0.481 e. The Balaban J connectivity index is 1.62. The number of terminal acetylenes is 1. The Morgan fingerprint density at radius 2 is 1.87 bits per heavy atom. The van der Waals surface area contributed by atoms with Crippen LogP contribution in [-0.2, 0) is 9.53 Å². The Labute approximate surface area is 189 Å². The fourth-order valence-corrected chi connectivity index (χ4v) is 5.68. The Morgan fingerprint density at radius 3 is 2.52 bits per heavy atom. The van der Waals surface area contributed by atoms with E-state index in [1.807, 2.05) is 39.8 Å². The van der Waals surface area contributed by atoms with Gasteiger partial charge >= 0.3 is 5.97 Å². The van der Waals surface area contributed by atoms with Gasteiger partial charge in [0.2, 0.25) is 4.88 Å². The van der Waals surface area contributed by atoms with Crippen molar-refractivity contribution in [1.82, 2.24) is 0 Å². The molecule has 3 nitrogen and oxygen atoms in total. The average Bonchev–Trinajstić information content (AvgIpc) is 3.21. The number of aryl methyl sites for hydroxylation is 2. The van der Waals surface area contributed by atoms with Crippen molar-refractivity contribution in [2.45, 2.75) is 65.4 Å². The van der Waals surface area contributed by atoms with Crippen molar-refractivity contribution in [3.8, 4) is 34.8 Å². The summed E-state index contributed by atoms with van der Waals surface area (Å²) in [7, 11) is -0.206. The van der Waals surface area contributed by atoms with E-state index in [-0.39, 0.29) is 17.1 Å². The highest BCUT2D eigenvalue weighted by molar-refractivity contribution is 7.38. The molecule has 1 heterocycles. The van der Waals surface area contributed by atoms with Gasteiger partial charge in [0.1, 0.15) is 11.1 Å². The van der Waals surface area contributed by atoms with Crippen LogP contribution in [0, 0.1) is 44.0 Å². The number of rotatable bonds is 5. The van der Waals surface area contributed by atoms with Gasteiger partial charge in [-0.15, -0.1) is 6.42 Å². The Bertz CT molecular complexity index is 1010. The minimum atomic E-state index is -0.820. The summed E-state index contributed by atoms with van der Waals surface area (Å²) in [5.74, 6) is 9.95. The summed E-state index contributed by atoms with van der Waals surface area (Å²) < 4.78 is 11.4. The molecule has 1 aliphatic rings. The van der Waals surface area contributed by atoms with Gasteiger partial charge < -0.3 is 9.47 Å². The van der Waals surface area contributed by atoms with E-state index in [9.17, 15) is 4.79 Å². The van der Waals surface area contributed by atoms with E-state index in [0.29, 0.717) is 11.7 Å². The molecule has 0 radical (unpaired) electrons. The molecule has 0 bridgehead atoms. The Morgan fingerprint density at radius 1 is 1.19 bits per heavy atom. The van der Waals surface area contributed by atoms with E-state index >= 15 is 0 Å². The molecule has 0 N–H and O–H groups in total. The van der Waals surface area contributed by atoms with Crippen LogP contribution in [0.5, 0.6) is 5.75 Å². The van der Waals surface area contributed by atoms with Gasteiger partial charge in [-0.3, -0.25) is 0 Å². The van der Waals surface area contributed by atoms with Crippen LogP contribution in [0.1, 0.15) is 62.0 Å². The highest BCUT2D eigenvalue weighted by Gasteiger charge is 2.23. The molecule has 0 saturated heterocycles. The maximum Gasteiger partial charge on any atom is 0.345 e. The van der Waals surface area contributed by atoms with Crippen LogP contribution in [0.2, 0.25) is 0 Å². The van der Waals surface area contributed by atoms with Crippen molar-refractivity contribution in [2.24, 2.45) is 5.92 Å². The summed E-state index contributed by atoms with van der Waals surface area (Å²) in [5, 5.41) is 2.12. The first kappa shape index (κ1) is 23.0. The van der Waals surface area contributed by atoms with E-state index in [2.05, 4.69) is 35.3 Å². The minimum absolute atomic E-state index is 0.142. The fraction of sp³-hybridized carbons (Fsp3) is 0.444. The van der Waals surface area contributed by atoms with Crippen molar-refractivity contribution >= 4 is 16.4 Å². The van der Waals surface area contributed by atoms with E-state index in [1.165, 1.54) is 19.3 Å². The predicted octanol–water partition coefficient (Wildman–Crippen LogP) is 6.31. The second kappa shape index (κ2) is 10.1. The van der Waals surface area contributed by atoms with Crippen LogP contribution in [-0.4, -0.2) is 18.2 Å². The molecule has 0 aliphatic heterocycles. The predicted molar refractivity (Wildman–Crippen MR) is 128 cm³/mol. The molecule has 162 valence electrons. The highest BCUT2D eigenvalue weighted by atomic mass is 32.2. The number of ether oxygens (including phenoxy) is 2. The SMILES string of the molecule is C#Cc1ccc[s+]1-c1cc(C)c(OCC(=O)OC(C)(C)C#CC2CCCCC2)c(C)c1. The van der Waals surface area contributed by atoms with Crippen LogP contribution >= 0.6 is 10.5 Å². The average molecular weight is 436 g/mol. The standard InChI is InChI=1S/C27H31O3S/c1-6-23-13-10-16-31(23)24-17-20(2)26(21(3)18-24)29-19-25(28)30-27(4,5)15-14-22-11-8-7-9-12-22/h1,10,13,16-18,22H,7-9,11-12,19H2,2-5H3/q+1. The lowest BCUT2D eigenvalue weighted by Gasteiger charge is -2.21. The lowest BCUT2D eigenvalue weighted by molar-refractivity contribution is -0.154. The first-order valence-electron chi connectivity index (χ1n) is 10.9. The summed E-state index contributed by atoms with van der Waals surface area (Å²) in [5.41, 5.74) is 1.13. The normalized spacial score (nSPS) is 14.9. The molecular weight excluding hydrogens is 404 g/mol. The number of hydrogen-bond donors (Lipinski definition) is 0. The number of hydrogen-bond acceptors (Lipinski definition) is 3. The van der Waals surface area contributed by atoms with Crippen molar-refractivity contribution < 1.29 is 14.3 Å². The molecule has 0 spiro atoms. The third-order valence-electron chi connectivity index (χ3n) is 5.42. The van der Waals surface area contributed by atoms with Crippen molar-refractivity contribution in [1.29, 1.82) is 0 Å². The number of thiophene rings is 1. The summed E-state index contributed by atoms with van der Waals surface area (Å²) in [4.78, 5) is 14.5. The molecule has 1 aliphatic carbocycles. The zero-order chi connectivity index (χ0) is 22.4. The van der Waals surface area contributed by atoms with Gasteiger partial charge in [-0.25, -0.2) is 4.79 Å². The van der Waals surface area contributed by atoms with E-state index < -0.39 is 11.6 Å². The number of carbonyl (C=O) groups excluding carboxylic acids is 1. The molecule has 0 amide bonds. The molecule has 1 aromatic carbocycles. The van der Waals surface area contributed by atoms with Crippen LogP contribution in [0.3, 0.4) is 0 Å². The summed E-state index contributed by atoms with van der Waals surface area (Å²) >= 11 is 0. The molecule has 2 aromatic rings. The molecular formula is C27H31O3S+. The third kappa shape index (κ3) is 6.16. The second-order valence-electron chi connectivity index (χ2n) is 8.61. The summed E-state index contributed by atoms with van der Waals surface area (Å²) in [6, 6.07) is 8.14. The van der Waals surface area contributed by atoms with Crippen molar-refractivity contribution in [3.63, 3.8) is 0 Å². The topological polar surface area (TPSA) is 35.5 Å². The molecule has 31 heavy (non-hydrogen) atoms. The van der Waals surface area contributed by atoms with Gasteiger partial charge in [0, 0.05) is 34.6 Å². The lowest BCUT2D eigenvalue weighted by atomic mass is 9.89. The lowest BCUT2D eigenvalue weighted by Crippen LogP contribution is -2.29. The molecule has 4 heteroatoms. The van der Waals surface area contributed by atoms with E-state index in [1.54, 1.807) is 0 Å².